The monoisotopic (exact) mass is 439 g/mol. The lowest BCUT2D eigenvalue weighted by Crippen LogP contribution is -2.29. The Balaban J connectivity index is 1.70. The molecule has 0 aliphatic carbocycles. The van der Waals surface area contributed by atoms with Crippen molar-refractivity contribution in [2.75, 3.05) is 32.7 Å². The van der Waals surface area contributed by atoms with Gasteiger partial charge in [0.15, 0.2) is 5.17 Å². The summed E-state index contributed by atoms with van der Waals surface area (Å²) in [6, 6.07) is 13.4. The molecule has 154 valence electrons. The summed E-state index contributed by atoms with van der Waals surface area (Å²) in [6.07, 6.45) is 1.71. The molecular formula is C22H21N3O3S2. The molecule has 0 aromatic heterocycles. The van der Waals surface area contributed by atoms with Gasteiger partial charge in [0.25, 0.3) is 5.91 Å². The van der Waals surface area contributed by atoms with Crippen LogP contribution in [-0.2, 0) is 4.79 Å². The Bertz CT molecular complexity index is 1060. The van der Waals surface area contributed by atoms with Crippen molar-refractivity contribution >= 4 is 46.0 Å². The van der Waals surface area contributed by atoms with Gasteiger partial charge in [-0.3, -0.25) is 9.69 Å². The van der Waals surface area contributed by atoms with Crippen LogP contribution in [0.3, 0.4) is 0 Å². The Hall–Kier alpha value is -2.84. The molecule has 0 saturated carbocycles. The minimum atomic E-state index is -0.0683. The predicted molar refractivity (Wildman–Crippen MR) is 124 cm³/mol. The smallest absolute Gasteiger partial charge is 0.269 e. The molecule has 30 heavy (non-hydrogen) atoms. The lowest BCUT2D eigenvalue weighted by molar-refractivity contribution is -0.121. The second-order valence-corrected chi connectivity index (χ2v) is 8.54. The Labute approximate surface area is 184 Å². The second-order valence-electron chi connectivity index (χ2n) is 6.53. The molecule has 1 saturated heterocycles. The van der Waals surface area contributed by atoms with E-state index in [0.717, 1.165) is 32.8 Å². The van der Waals surface area contributed by atoms with Crippen molar-refractivity contribution in [2.45, 2.75) is 4.90 Å². The third kappa shape index (κ3) is 3.68. The van der Waals surface area contributed by atoms with E-state index in [-0.39, 0.29) is 5.91 Å². The molecule has 2 heterocycles. The first kappa shape index (κ1) is 20.4. The van der Waals surface area contributed by atoms with E-state index in [0.29, 0.717) is 16.6 Å². The topological polar surface area (TPSA) is 54.4 Å². The van der Waals surface area contributed by atoms with E-state index in [1.807, 2.05) is 54.4 Å². The Morgan fingerprint density at radius 2 is 1.77 bits per heavy atom. The molecular weight excluding hydrogens is 418 g/mol. The van der Waals surface area contributed by atoms with E-state index in [1.165, 1.54) is 11.8 Å². The number of hydrogen-bond acceptors (Lipinski definition) is 7. The summed E-state index contributed by atoms with van der Waals surface area (Å²) in [5, 5.41) is 1.53. The summed E-state index contributed by atoms with van der Waals surface area (Å²) in [7, 11) is 5.24. The van der Waals surface area contributed by atoms with Crippen molar-refractivity contribution < 1.29 is 14.3 Å². The molecule has 2 aromatic rings. The van der Waals surface area contributed by atoms with Crippen LogP contribution in [0.5, 0.6) is 11.5 Å². The van der Waals surface area contributed by atoms with Crippen LogP contribution in [-0.4, -0.2) is 43.8 Å². The van der Waals surface area contributed by atoms with Crippen molar-refractivity contribution in [1.29, 1.82) is 0 Å². The number of thioether (sulfide) groups is 2. The number of rotatable bonds is 5. The predicted octanol–water partition coefficient (Wildman–Crippen LogP) is 4.86. The number of hydrogen-bond donors (Lipinski definition) is 0. The van der Waals surface area contributed by atoms with Gasteiger partial charge >= 0.3 is 0 Å². The fourth-order valence-electron chi connectivity index (χ4n) is 3.13. The first-order valence-corrected chi connectivity index (χ1v) is 10.9. The van der Waals surface area contributed by atoms with Gasteiger partial charge in [0.2, 0.25) is 0 Å². The van der Waals surface area contributed by atoms with Crippen molar-refractivity contribution in [3.05, 3.63) is 65.1 Å². The zero-order chi connectivity index (χ0) is 21.3. The van der Waals surface area contributed by atoms with Gasteiger partial charge in [0.1, 0.15) is 16.4 Å². The maximum Gasteiger partial charge on any atom is 0.269 e. The molecule has 0 radical (unpaired) electrons. The van der Waals surface area contributed by atoms with Crippen LogP contribution in [0.4, 0.5) is 11.4 Å². The van der Waals surface area contributed by atoms with Crippen LogP contribution in [0.1, 0.15) is 0 Å². The van der Waals surface area contributed by atoms with E-state index in [9.17, 15) is 4.79 Å². The SMILES string of the molecule is C=CCN1C(=O)/C(=C2\Sc3ccc(OC)cc3N2C)SC1=Nc1ccc(OC)cc1. The van der Waals surface area contributed by atoms with Gasteiger partial charge in [-0.15, -0.1) is 6.58 Å². The number of aliphatic imine (C=N–C) groups is 1. The largest absolute Gasteiger partial charge is 0.497 e. The molecule has 0 unspecified atom stereocenters. The Morgan fingerprint density at radius 1 is 1.07 bits per heavy atom. The minimum Gasteiger partial charge on any atom is -0.497 e. The van der Waals surface area contributed by atoms with Crippen LogP contribution >= 0.6 is 23.5 Å². The zero-order valence-electron chi connectivity index (χ0n) is 16.9. The summed E-state index contributed by atoms with van der Waals surface area (Å²) in [4.78, 5) is 23.4. The minimum absolute atomic E-state index is 0.0683. The molecule has 8 heteroatoms. The summed E-state index contributed by atoms with van der Waals surface area (Å²) >= 11 is 2.97. The van der Waals surface area contributed by atoms with E-state index in [2.05, 4.69) is 6.58 Å². The second kappa shape index (κ2) is 8.49. The van der Waals surface area contributed by atoms with E-state index < -0.39 is 0 Å². The molecule has 0 atom stereocenters. The Kier molecular flexibility index (Phi) is 5.78. The molecule has 1 fully saturated rings. The van der Waals surface area contributed by atoms with Crippen LogP contribution in [0, 0.1) is 0 Å². The quantitative estimate of drug-likeness (QED) is 0.490. The lowest BCUT2D eigenvalue weighted by Gasteiger charge is -2.15. The normalized spacial score (nSPS) is 19.4. The summed E-state index contributed by atoms with van der Waals surface area (Å²) in [5.41, 5.74) is 1.78. The lowest BCUT2D eigenvalue weighted by atomic mass is 10.3. The zero-order valence-corrected chi connectivity index (χ0v) is 18.5. The fourth-order valence-corrected chi connectivity index (χ4v) is 5.46. The fraction of sp³-hybridized carbons (Fsp3) is 0.182. The molecule has 2 aliphatic rings. The maximum absolute atomic E-state index is 13.2. The third-order valence-corrected chi connectivity index (χ3v) is 7.14. The highest BCUT2D eigenvalue weighted by atomic mass is 32.2. The molecule has 6 nitrogen and oxygen atoms in total. The highest BCUT2D eigenvalue weighted by Crippen LogP contribution is 2.51. The number of ether oxygens (including phenoxy) is 2. The van der Waals surface area contributed by atoms with Crippen molar-refractivity contribution in [3.63, 3.8) is 0 Å². The number of carbonyl (C=O) groups is 1. The third-order valence-electron chi connectivity index (χ3n) is 4.71. The number of anilines is 1. The van der Waals surface area contributed by atoms with Crippen molar-refractivity contribution in [2.24, 2.45) is 4.99 Å². The van der Waals surface area contributed by atoms with Crippen molar-refractivity contribution in [1.82, 2.24) is 4.90 Å². The molecule has 0 bridgehead atoms. The van der Waals surface area contributed by atoms with Crippen LogP contribution in [0.15, 0.2) is 74.9 Å². The average Bonchev–Trinajstić information content (AvgIpc) is 3.25. The highest BCUT2D eigenvalue weighted by molar-refractivity contribution is 8.19. The Morgan fingerprint density at radius 3 is 2.43 bits per heavy atom. The number of carbonyl (C=O) groups excluding carboxylic acids is 1. The number of nitrogens with zero attached hydrogens (tertiary/aromatic N) is 3. The number of amides is 1. The first-order chi connectivity index (χ1) is 14.5. The molecule has 2 aliphatic heterocycles. The van der Waals surface area contributed by atoms with Gasteiger partial charge in [-0.1, -0.05) is 17.8 Å². The summed E-state index contributed by atoms with van der Waals surface area (Å²) < 4.78 is 10.6. The maximum atomic E-state index is 13.2. The number of amidine groups is 1. The van der Waals surface area contributed by atoms with E-state index in [4.69, 9.17) is 14.5 Å². The number of methoxy groups -OCH3 is 2. The van der Waals surface area contributed by atoms with Gasteiger partial charge in [-0.2, -0.15) is 0 Å². The summed E-state index contributed by atoms with van der Waals surface area (Å²) in [5.74, 6) is 1.48. The standard InChI is InChI=1S/C22H21N3O3S2/c1-5-12-25-20(26)19(30-22(25)23-14-6-8-15(27-3)9-7-14)21-24(2)17-13-16(28-4)10-11-18(17)29-21/h5-11,13H,1,12H2,2-4H3/b21-19+,23-22?. The molecule has 0 spiro atoms. The van der Waals surface area contributed by atoms with Gasteiger partial charge in [0.05, 0.1) is 30.6 Å². The van der Waals surface area contributed by atoms with Crippen LogP contribution in [0.25, 0.3) is 0 Å². The number of fused-ring (bicyclic) bond motifs is 1. The molecule has 2 aromatic carbocycles. The van der Waals surface area contributed by atoms with Crippen LogP contribution < -0.4 is 14.4 Å². The molecule has 0 N–H and O–H groups in total. The molecule has 1 amide bonds. The average molecular weight is 440 g/mol. The van der Waals surface area contributed by atoms with Gasteiger partial charge in [0, 0.05) is 24.6 Å². The van der Waals surface area contributed by atoms with Crippen LogP contribution in [0.2, 0.25) is 0 Å². The van der Waals surface area contributed by atoms with Crippen molar-refractivity contribution in [3.8, 4) is 11.5 Å². The number of benzene rings is 2. The van der Waals surface area contributed by atoms with Gasteiger partial charge in [-0.25, -0.2) is 4.99 Å². The summed E-state index contributed by atoms with van der Waals surface area (Å²) in [6.45, 7) is 4.19. The van der Waals surface area contributed by atoms with E-state index in [1.54, 1.807) is 37.0 Å². The molecule has 4 rings (SSSR count). The highest BCUT2D eigenvalue weighted by Gasteiger charge is 2.38. The van der Waals surface area contributed by atoms with Gasteiger partial charge < -0.3 is 14.4 Å². The van der Waals surface area contributed by atoms with E-state index >= 15 is 0 Å². The first-order valence-electron chi connectivity index (χ1n) is 9.23. The van der Waals surface area contributed by atoms with Gasteiger partial charge in [-0.05, 0) is 48.2 Å².